The normalized spacial score (nSPS) is 11.8. The monoisotopic (exact) mass is 382 g/mol. The third kappa shape index (κ3) is 3.96. The molecule has 3 rings (SSSR count). The van der Waals surface area contributed by atoms with E-state index in [0.717, 1.165) is 17.5 Å². The van der Waals surface area contributed by atoms with Crippen molar-refractivity contribution in [3.63, 3.8) is 0 Å². The van der Waals surface area contributed by atoms with E-state index in [0.29, 0.717) is 10.9 Å². The summed E-state index contributed by atoms with van der Waals surface area (Å²) in [6.07, 6.45) is -0.229. The molecule has 142 valence electrons. The highest BCUT2D eigenvalue weighted by Gasteiger charge is 2.24. The Morgan fingerprint density at radius 3 is 2.54 bits per heavy atom. The summed E-state index contributed by atoms with van der Waals surface area (Å²) in [7, 11) is 0. The second kappa shape index (κ2) is 7.83. The summed E-state index contributed by atoms with van der Waals surface area (Å²) in [5, 5.41) is 24.2. The van der Waals surface area contributed by atoms with Crippen molar-refractivity contribution in [2.24, 2.45) is 0 Å². The molecule has 0 aliphatic heterocycles. The third-order valence-electron chi connectivity index (χ3n) is 4.28. The lowest BCUT2D eigenvalue weighted by Gasteiger charge is -2.15. The zero-order valence-electron chi connectivity index (χ0n) is 14.5. The number of rotatable bonds is 6. The van der Waals surface area contributed by atoms with Gasteiger partial charge in [-0.1, -0.05) is 42.5 Å². The Labute approximate surface area is 158 Å². The largest absolute Gasteiger partial charge is 0.480 e. The van der Waals surface area contributed by atoms with Crippen molar-refractivity contribution >= 4 is 28.3 Å². The Kier molecular flexibility index (Phi) is 5.30. The van der Waals surface area contributed by atoms with Gasteiger partial charge < -0.3 is 10.4 Å². The van der Waals surface area contributed by atoms with Crippen LogP contribution in [0.15, 0.2) is 60.7 Å². The maximum absolute atomic E-state index is 13.5. The van der Waals surface area contributed by atoms with Crippen LogP contribution in [0.25, 0.3) is 10.8 Å². The first-order valence-corrected chi connectivity index (χ1v) is 8.31. The van der Waals surface area contributed by atoms with E-state index in [1.54, 1.807) is 24.3 Å². The SMILES string of the molecule is O=C(N[C@@H](Cc1ccc(F)c([N+](=O)[O-])c1)C(=O)O)c1cccc2ccccc12. The molecule has 0 saturated carbocycles. The third-order valence-corrected chi connectivity index (χ3v) is 4.28. The van der Waals surface area contributed by atoms with Gasteiger partial charge >= 0.3 is 11.7 Å². The van der Waals surface area contributed by atoms with Gasteiger partial charge in [0.15, 0.2) is 0 Å². The Balaban J connectivity index is 1.85. The van der Waals surface area contributed by atoms with Crippen molar-refractivity contribution in [2.45, 2.75) is 12.5 Å². The first kappa shape index (κ1) is 19.0. The lowest BCUT2D eigenvalue weighted by atomic mass is 10.0. The molecular weight excluding hydrogens is 367 g/mol. The number of nitro groups is 1. The summed E-state index contributed by atoms with van der Waals surface area (Å²) < 4.78 is 13.5. The maximum Gasteiger partial charge on any atom is 0.326 e. The fourth-order valence-electron chi connectivity index (χ4n) is 2.92. The van der Waals surface area contributed by atoms with E-state index in [1.807, 2.05) is 18.2 Å². The Hall–Kier alpha value is -3.81. The summed E-state index contributed by atoms with van der Waals surface area (Å²) in [5.74, 6) is -2.90. The van der Waals surface area contributed by atoms with Gasteiger partial charge in [0.05, 0.1) is 4.92 Å². The molecule has 0 bridgehead atoms. The number of aliphatic carboxylic acids is 1. The molecule has 28 heavy (non-hydrogen) atoms. The van der Waals surface area contributed by atoms with Crippen molar-refractivity contribution in [2.75, 3.05) is 0 Å². The van der Waals surface area contributed by atoms with E-state index in [2.05, 4.69) is 5.32 Å². The smallest absolute Gasteiger partial charge is 0.326 e. The number of carboxylic acid groups (broad SMARTS) is 1. The van der Waals surface area contributed by atoms with Gasteiger partial charge in [-0.3, -0.25) is 14.9 Å². The van der Waals surface area contributed by atoms with Crippen LogP contribution in [-0.2, 0) is 11.2 Å². The number of hydrogen-bond donors (Lipinski definition) is 2. The number of carbonyl (C=O) groups is 2. The average molecular weight is 382 g/mol. The van der Waals surface area contributed by atoms with Crippen LogP contribution in [0, 0.1) is 15.9 Å². The highest BCUT2D eigenvalue weighted by Crippen LogP contribution is 2.21. The Bertz CT molecular complexity index is 1080. The molecule has 0 radical (unpaired) electrons. The van der Waals surface area contributed by atoms with E-state index in [-0.39, 0.29) is 12.0 Å². The number of carbonyl (C=O) groups excluding carboxylic acids is 1. The minimum Gasteiger partial charge on any atom is -0.480 e. The molecule has 0 heterocycles. The second-order valence-electron chi connectivity index (χ2n) is 6.14. The number of halogens is 1. The summed E-state index contributed by atoms with van der Waals surface area (Å²) >= 11 is 0. The van der Waals surface area contributed by atoms with E-state index < -0.39 is 34.3 Å². The van der Waals surface area contributed by atoms with Crippen LogP contribution in [0.4, 0.5) is 10.1 Å². The fraction of sp³-hybridized carbons (Fsp3) is 0.100. The van der Waals surface area contributed by atoms with Crippen molar-refractivity contribution < 1.29 is 24.0 Å². The molecule has 3 aromatic rings. The molecule has 3 aromatic carbocycles. The molecule has 0 aromatic heterocycles. The standard InChI is InChI=1S/C20H15FN2O5/c21-16-9-8-12(11-18(16)23(27)28)10-17(20(25)26)22-19(24)15-7-3-5-13-4-1-2-6-14(13)15/h1-9,11,17H,10H2,(H,22,24)(H,25,26)/t17-/m0/s1. The van der Waals surface area contributed by atoms with Gasteiger partial charge in [0, 0.05) is 18.1 Å². The van der Waals surface area contributed by atoms with Crippen LogP contribution in [0.2, 0.25) is 0 Å². The summed E-state index contributed by atoms with van der Waals surface area (Å²) in [5.41, 5.74) is -0.213. The molecule has 0 fully saturated rings. The van der Waals surface area contributed by atoms with Crippen LogP contribution in [0.5, 0.6) is 0 Å². The summed E-state index contributed by atoms with van der Waals surface area (Å²) in [6.45, 7) is 0. The van der Waals surface area contributed by atoms with Gasteiger partial charge in [-0.05, 0) is 28.5 Å². The quantitative estimate of drug-likeness (QED) is 0.502. The van der Waals surface area contributed by atoms with Gasteiger partial charge in [0.2, 0.25) is 5.82 Å². The van der Waals surface area contributed by atoms with Crippen LogP contribution in [0.3, 0.4) is 0 Å². The van der Waals surface area contributed by atoms with Crippen molar-refractivity contribution in [3.8, 4) is 0 Å². The lowest BCUT2D eigenvalue weighted by Crippen LogP contribution is -2.42. The fourth-order valence-corrected chi connectivity index (χ4v) is 2.92. The van der Waals surface area contributed by atoms with Crippen LogP contribution in [0.1, 0.15) is 15.9 Å². The molecule has 0 spiro atoms. The predicted molar refractivity (Wildman–Crippen MR) is 99.6 cm³/mol. The molecule has 2 N–H and O–H groups in total. The van der Waals surface area contributed by atoms with E-state index in [1.165, 1.54) is 6.07 Å². The molecule has 1 atom stereocenters. The van der Waals surface area contributed by atoms with Gasteiger partial charge in [-0.15, -0.1) is 0 Å². The first-order valence-electron chi connectivity index (χ1n) is 8.31. The number of nitrogens with zero attached hydrogens (tertiary/aromatic N) is 1. The zero-order chi connectivity index (χ0) is 20.3. The second-order valence-corrected chi connectivity index (χ2v) is 6.14. The molecule has 0 aliphatic carbocycles. The number of nitro benzene ring substituents is 1. The molecule has 0 saturated heterocycles. The minimum absolute atomic E-state index is 0.221. The average Bonchev–Trinajstić information content (AvgIpc) is 2.68. The Morgan fingerprint density at radius 1 is 1.11 bits per heavy atom. The number of nitrogens with one attached hydrogen (secondary N) is 1. The van der Waals surface area contributed by atoms with Crippen molar-refractivity contribution in [1.29, 1.82) is 0 Å². The number of benzene rings is 3. The highest BCUT2D eigenvalue weighted by atomic mass is 19.1. The van der Waals surface area contributed by atoms with Gasteiger partial charge in [-0.25, -0.2) is 4.79 Å². The zero-order valence-corrected chi connectivity index (χ0v) is 14.5. The number of fused-ring (bicyclic) bond motifs is 1. The molecule has 0 aliphatic rings. The molecule has 0 unspecified atom stereocenters. The maximum atomic E-state index is 13.5. The van der Waals surface area contributed by atoms with Crippen LogP contribution in [-0.4, -0.2) is 27.9 Å². The molecule has 1 amide bonds. The minimum atomic E-state index is -1.34. The summed E-state index contributed by atoms with van der Waals surface area (Å²) in [6, 6.07) is 14.1. The van der Waals surface area contributed by atoms with E-state index >= 15 is 0 Å². The van der Waals surface area contributed by atoms with Crippen LogP contribution >= 0.6 is 0 Å². The molecule has 8 heteroatoms. The van der Waals surface area contributed by atoms with Gasteiger partial charge in [-0.2, -0.15) is 4.39 Å². The Morgan fingerprint density at radius 2 is 1.82 bits per heavy atom. The van der Waals surface area contributed by atoms with Crippen LogP contribution < -0.4 is 5.32 Å². The topological polar surface area (TPSA) is 110 Å². The highest BCUT2D eigenvalue weighted by molar-refractivity contribution is 6.07. The summed E-state index contributed by atoms with van der Waals surface area (Å²) in [4.78, 5) is 34.2. The lowest BCUT2D eigenvalue weighted by molar-refractivity contribution is -0.387. The number of carboxylic acids is 1. The first-order chi connectivity index (χ1) is 13.4. The number of hydrogen-bond acceptors (Lipinski definition) is 4. The van der Waals surface area contributed by atoms with Crippen molar-refractivity contribution in [3.05, 3.63) is 87.7 Å². The molecule has 7 nitrogen and oxygen atoms in total. The van der Waals surface area contributed by atoms with Gasteiger partial charge in [0.25, 0.3) is 5.91 Å². The predicted octanol–water partition coefficient (Wildman–Crippen LogP) is 3.31. The van der Waals surface area contributed by atoms with Gasteiger partial charge in [0.1, 0.15) is 6.04 Å². The molecular formula is C20H15FN2O5. The van der Waals surface area contributed by atoms with E-state index in [4.69, 9.17) is 0 Å². The van der Waals surface area contributed by atoms with E-state index in [9.17, 15) is 29.2 Å². The van der Waals surface area contributed by atoms with Crippen molar-refractivity contribution in [1.82, 2.24) is 5.32 Å². The number of amides is 1.